The summed E-state index contributed by atoms with van der Waals surface area (Å²) in [6, 6.07) is 3.23. The first-order chi connectivity index (χ1) is 8.74. The number of amides is 1. The molecule has 1 N–H and O–H groups in total. The molecule has 96 valence electrons. The zero-order valence-electron chi connectivity index (χ0n) is 10.1. The molecule has 1 amide bonds. The Labute approximate surface area is 105 Å². The number of carbonyl (C=O) groups is 2. The lowest BCUT2D eigenvalue weighted by atomic mass is 9.84. The van der Waals surface area contributed by atoms with Gasteiger partial charge in [-0.25, -0.2) is 0 Å². The number of hydrogen-bond donors (Lipinski definition) is 1. The van der Waals surface area contributed by atoms with Crippen molar-refractivity contribution in [2.24, 2.45) is 5.92 Å². The Morgan fingerprint density at radius 2 is 2.11 bits per heavy atom. The van der Waals surface area contributed by atoms with Gasteiger partial charge in [0.2, 0.25) is 0 Å². The summed E-state index contributed by atoms with van der Waals surface area (Å²) in [5.41, 5.74) is 0. The fraction of sp³-hybridized carbons (Fsp3) is 0.538. The van der Waals surface area contributed by atoms with Crippen molar-refractivity contribution in [1.82, 2.24) is 10.2 Å². The first kappa shape index (κ1) is 11.5. The van der Waals surface area contributed by atoms with Crippen LogP contribution in [0.15, 0.2) is 22.8 Å². The molecule has 0 aliphatic carbocycles. The summed E-state index contributed by atoms with van der Waals surface area (Å²) in [5.74, 6) is -0.516. The highest BCUT2D eigenvalue weighted by Gasteiger charge is 2.36. The second-order valence-electron chi connectivity index (χ2n) is 5.02. The van der Waals surface area contributed by atoms with Crippen LogP contribution in [0.25, 0.3) is 0 Å². The zero-order valence-corrected chi connectivity index (χ0v) is 10.1. The topological polar surface area (TPSA) is 62.6 Å². The molecule has 0 unspecified atom stereocenters. The van der Waals surface area contributed by atoms with E-state index in [-0.39, 0.29) is 11.8 Å². The monoisotopic (exact) mass is 248 g/mol. The van der Waals surface area contributed by atoms with Crippen molar-refractivity contribution in [3.63, 3.8) is 0 Å². The molecule has 0 radical (unpaired) electrons. The van der Waals surface area contributed by atoms with Crippen molar-refractivity contribution < 1.29 is 14.0 Å². The molecule has 5 nitrogen and oxygen atoms in total. The molecule has 3 fully saturated rings. The lowest BCUT2D eigenvalue weighted by molar-refractivity contribution is -0.119. The molecule has 4 heterocycles. The summed E-state index contributed by atoms with van der Waals surface area (Å²) < 4.78 is 4.95. The third-order valence-corrected chi connectivity index (χ3v) is 3.92. The molecule has 0 aromatic carbocycles. The molecule has 3 aliphatic heterocycles. The number of furan rings is 1. The fourth-order valence-electron chi connectivity index (χ4n) is 2.88. The summed E-state index contributed by atoms with van der Waals surface area (Å²) in [6.07, 6.45) is 3.62. The molecule has 4 rings (SSSR count). The van der Waals surface area contributed by atoms with Crippen LogP contribution in [0.2, 0.25) is 0 Å². The summed E-state index contributed by atoms with van der Waals surface area (Å²) >= 11 is 0. The second-order valence-corrected chi connectivity index (χ2v) is 5.02. The van der Waals surface area contributed by atoms with E-state index in [1.54, 1.807) is 6.07 Å². The smallest absolute Gasteiger partial charge is 0.296 e. The number of ketones is 1. The van der Waals surface area contributed by atoms with E-state index in [0.29, 0.717) is 5.92 Å². The lowest BCUT2D eigenvalue weighted by Crippen LogP contribution is -2.58. The van der Waals surface area contributed by atoms with Gasteiger partial charge in [0.15, 0.2) is 5.76 Å². The fourth-order valence-corrected chi connectivity index (χ4v) is 2.88. The molecule has 1 atom stereocenters. The van der Waals surface area contributed by atoms with Crippen LogP contribution in [-0.4, -0.2) is 42.3 Å². The molecule has 0 spiro atoms. The Morgan fingerprint density at radius 3 is 2.67 bits per heavy atom. The highest BCUT2D eigenvalue weighted by Crippen LogP contribution is 2.27. The number of rotatable bonds is 3. The molecule has 1 aromatic heterocycles. The Bertz CT molecular complexity index is 447. The Morgan fingerprint density at radius 1 is 1.33 bits per heavy atom. The summed E-state index contributed by atoms with van der Waals surface area (Å²) in [7, 11) is 0. The summed E-state index contributed by atoms with van der Waals surface area (Å²) in [5, 5.41) is 2.85. The van der Waals surface area contributed by atoms with Crippen molar-refractivity contribution in [2.45, 2.75) is 18.9 Å². The van der Waals surface area contributed by atoms with E-state index in [1.807, 2.05) is 0 Å². The van der Waals surface area contributed by atoms with Crippen LogP contribution in [0.4, 0.5) is 0 Å². The van der Waals surface area contributed by atoms with Gasteiger partial charge < -0.3 is 14.6 Å². The van der Waals surface area contributed by atoms with E-state index in [2.05, 4.69) is 10.2 Å². The van der Waals surface area contributed by atoms with Gasteiger partial charge in [0.1, 0.15) is 0 Å². The quantitative estimate of drug-likeness (QED) is 0.631. The van der Waals surface area contributed by atoms with Gasteiger partial charge in [0, 0.05) is 12.6 Å². The van der Waals surface area contributed by atoms with E-state index in [9.17, 15) is 9.59 Å². The molecule has 3 saturated heterocycles. The standard InChI is InChI=1S/C13H16N2O3/c16-12(11-2-1-7-18-11)13(17)14-10-8-15-5-3-9(10)4-6-15/h1-2,7,9-10H,3-6,8H2,(H,14,17)/t10-/m0/s1. The van der Waals surface area contributed by atoms with Gasteiger partial charge in [-0.05, 0) is 44.0 Å². The largest absolute Gasteiger partial charge is 0.461 e. The van der Waals surface area contributed by atoms with Crippen molar-refractivity contribution >= 4 is 11.7 Å². The molecule has 2 bridgehead atoms. The lowest BCUT2D eigenvalue weighted by Gasteiger charge is -2.44. The highest BCUT2D eigenvalue weighted by atomic mass is 16.3. The first-order valence-corrected chi connectivity index (χ1v) is 6.35. The second kappa shape index (κ2) is 4.57. The van der Waals surface area contributed by atoms with Gasteiger partial charge >= 0.3 is 0 Å². The Hall–Kier alpha value is -1.62. The molecule has 1 aromatic rings. The minimum absolute atomic E-state index is 0.105. The maximum atomic E-state index is 11.8. The average molecular weight is 248 g/mol. The van der Waals surface area contributed by atoms with Crippen LogP contribution in [-0.2, 0) is 4.79 Å². The van der Waals surface area contributed by atoms with Gasteiger partial charge in [-0.3, -0.25) is 9.59 Å². The summed E-state index contributed by atoms with van der Waals surface area (Å²) in [4.78, 5) is 25.9. The number of nitrogens with zero attached hydrogens (tertiary/aromatic N) is 1. The predicted octanol–water partition coefficient (Wildman–Crippen LogP) is 0.673. The first-order valence-electron chi connectivity index (χ1n) is 6.35. The van der Waals surface area contributed by atoms with E-state index in [4.69, 9.17) is 4.42 Å². The van der Waals surface area contributed by atoms with E-state index in [0.717, 1.165) is 32.5 Å². The third-order valence-electron chi connectivity index (χ3n) is 3.92. The molecule has 0 saturated carbocycles. The molecular weight excluding hydrogens is 232 g/mol. The van der Waals surface area contributed by atoms with Crippen LogP contribution in [0.1, 0.15) is 23.4 Å². The van der Waals surface area contributed by atoms with Gasteiger partial charge in [-0.15, -0.1) is 0 Å². The number of hydrogen-bond acceptors (Lipinski definition) is 4. The van der Waals surface area contributed by atoms with Crippen LogP contribution in [0.3, 0.4) is 0 Å². The van der Waals surface area contributed by atoms with E-state index >= 15 is 0 Å². The van der Waals surface area contributed by atoms with Crippen LogP contribution >= 0.6 is 0 Å². The number of fused-ring (bicyclic) bond motifs is 3. The summed E-state index contributed by atoms with van der Waals surface area (Å²) in [6.45, 7) is 3.09. The van der Waals surface area contributed by atoms with Crippen LogP contribution in [0.5, 0.6) is 0 Å². The van der Waals surface area contributed by atoms with Crippen molar-refractivity contribution in [3.05, 3.63) is 24.2 Å². The molecule has 5 heteroatoms. The predicted molar refractivity (Wildman–Crippen MR) is 64.1 cm³/mol. The molecule has 3 aliphatic rings. The zero-order chi connectivity index (χ0) is 12.5. The highest BCUT2D eigenvalue weighted by molar-refractivity contribution is 6.42. The Kier molecular flexibility index (Phi) is 2.91. The Balaban J connectivity index is 1.63. The minimum atomic E-state index is -0.587. The average Bonchev–Trinajstić information content (AvgIpc) is 2.93. The number of Topliss-reactive ketones (excluding diaryl/α,β-unsaturated/α-hetero) is 1. The molecular formula is C13H16N2O3. The van der Waals surface area contributed by atoms with Crippen molar-refractivity contribution in [2.75, 3.05) is 19.6 Å². The number of nitrogens with one attached hydrogen (secondary N) is 1. The van der Waals surface area contributed by atoms with Gasteiger partial charge in [0.05, 0.1) is 6.26 Å². The molecule has 18 heavy (non-hydrogen) atoms. The maximum Gasteiger partial charge on any atom is 0.296 e. The van der Waals surface area contributed by atoms with Gasteiger partial charge in [0.25, 0.3) is 11.7 Å². The maximum absolute atomic E-state index is 11.8. The third kappa shape index (κ3) is 2.06. The van der Waals surface area contributed by atoms with Crippen molar-refractivity contribution in [1.29, 1.82) is 0 Å². The van der Waals surface area contributed by atoms with Crippen molar-refractivity contribution in [3.8, 4) is 0 Å². The SMILES string of the molecule is O=C(N[C@H]1CN2CCC1CC2)C(=O)c1ccco1. The number of carbonyl (C=O) groups excluding carboxylic acids is 2. The normalized spacial score (nSPS) is 30.1. The van der Waals surface area contributed by atoms with E-state index < -0.39 is 11.7 Å². The minimum Gasteiger partial charge on any atom is -0.461 e. The van der Waals surface area contributed by atoms with E-state index in [1.165, 1.54) is 12.3 Å². The number of piperidine rings is 3. The van der Waals surface area contributed by atoms with Gasteiger partial charge in [-0.1, -0.05) is 0 Å². The van der Waals surface area contributed by atoms with Crippen LogP contribution < -0.4 is 5.32 Å². The van der Waals surface area contributed by atoms with Crippen LogP contribution in [0, 0.1) is 5.92 Å². The van der Waals surface area contributed by atoms with Gasteiger partial charge in [-0.2, -0.15) is 0 Å².